The number of carboxylic acid groups (broad SMARTS) is 2. The zero-order valence-electron chi connectivity index (χ0n) is 10.9. The molecule has 3 N–H and O–H groups in total. The summed E-state index contributed by atoms with van der Waals surface area (Å²) in [7, 11) is 0. The summed E-state index contributed by atoms with van der Waals surface area (Å²) >= 11 is 1.36. The van der Waals surface area contributed by atoms with Gasteiger partial charge in [-0.25, -0.2) is 4.98 Å². The van der Waals surface area contributed by atoms with Crippen LogP contribution in [-0.4, -0.2) is 39.2 Å². The molecular weight excluding hydrogens is 268 g/mol. The molecule has 2 unspecified atom stereocenters. The number of nitrogens with zero attached hydrogens (tertiary/aromatic N) is 1. The fourth-order valence-corrected chi connectivity index (χ4v) is 2.36. The molecule has 0 amide bonds. The molecule has 19 heavy (non-hydrogen) atoms. The molecule has 2 atom stereocenters. The van der Waals surface area contributed by atoms with E-state index >= 15 is 0 Å². The van der Waals surface area contributed by atoms with E-state index in [-0.39, 0.29) is 12.3 Å². The monoisotopic (exact) mass is 286 g/mol. The van der Waals surface area contributed by atoms with Crippen LogP contribution in [0.2, 0.25) is 0 Å². The molecule has 0 aromatic carbocycles. The van der Waals surface area contributed by atoms with Gasteiger partial charge >= 0.3 is 11.9 Å². The highest BCUT2D eigenvalue weighted by Gasteiger charge is 2.27. The van der Waals surface area contributed by atoms with Crippen LogP contribution in [0, 0.1) is 5.92 Å². The Morgan fingerprint density at radius 3 is 2.37 bits per heavy atom. The van der Waals surface area contributed by atoms with E-state index in [0.29, 0.717) is 11.4 Å². The summed E-state index contributed by atoms with van der Waals surface area (Å²) in [4.78, 5) is 26.3. The van der Waals surface area contributed by atoms with Gasteiger partial charge in [0.05, 0.1) is 5.01 Å². The molecule has 7 heteroatoms. The van der Waals surface area contributed by atoms with Crippen molar-refractivity contribution in [3.05, 3.63) is 16.6 Å². The predicted octanol–water partition coefficient (Wildman–Crippen LogP) is 1.23. The lowest BCUT2D eigenvalue weighted by atomic mass is 10.0. The van der Waals surface area contributed by atoms with Crippen molar-refractivity contribution in [1.29, 1.82) is 0 Å². The predicted molar refractivity (Wildman–Crippen MR) is 71.3 cm³/mol. The maximum atomic E-state index is 11.2. The lowest BCUT2D eigenvalue weighted by Gasteiger charge is -2.21. The van der Waals surface area contributed by atoms with E-state index < -0.39 is 24.0 Å². The lowest BCUT2D eigenvalue weighted by Crippen LogP contribution is -2.48. The summed E-state index contributed by atoms with van der Waals surface area (Å²) in [5.41, 5.74) is 0. The van der Waals surface area contributed by atoms with Crippen molar-refractivity contribution in [2.75, 3.05) is 0 Å². The van der Waals surface area contributed by atoms with Gasteiger partial charge in [-0.05, 0) is 12.3 Å². The minimum absolute atomic E-state index is 0.169. The van der Waals surface area contributed by atoms with Crippen molar-refractivity contribution in [2.24, 2.45) is 5.92 Å². The zero-order valence-corrected chi connectivity index (χ0v) is 11.7. The van der Waals surface area contributed by atoms with Crippen molar-refractivity contribution < 1.29 is 19.8 Å². The third-order valence-electron chi connectivity index (χ3n) is 2.57. The molecule has 0 radical (unpaired) electrons. The van der Waals surface area contributed by atoms with Crippen LogP contribution in [0.3, 0.4) is 0 Å². The van der Waals surface area contributed by atoms with Crippen LogP contribution in [-0.2, 0) is 16.0 Å². The highest BCUT2D eigenvalue weighted by Crippen LogP contribution is 2.10. The summed E-state index contributed by atoms with van der Waals surface area (Å²) in [5, 5.41) is 23.4. The smallest absolute Gasteiger partial charge is 0.321 e. The van der Waals surface area contributed by atoms with Crippen molar-refractivity contribution in [2.45, 2.75) is 38.8 Å². The first kappa shape index (κ1) is 15.6. The van der Waals surface area contributed by atoms with E-state index in [1.807, 2.05) is 13.8 Å². The van der Waals surface area contributed by atoms with Crippen molar-refractivity contribution in [3.8, 4) is 0 Å². The summed E-state index contributed by atoms with van der Waals surface area (Å²) in [6, 6.07) is -1.80. The number of carbonyl (C=O) groups is 2. The molecule has 1 aromatic rings. The molecule has 0 bridgehead atoms. The summed E-state index contributed by atoms with van der Waals surface area (Å²) in [6.45, 7) is 3.79. The molecule has 0 aliphatic heterocycles. The molecule has 1 rings (SSSR count). The van der Waals surface area contributed by atoms with E-state index in [1.165, 1.54) is 11.3 Å². The second-order valence-corrected chi connectivity index (χ2v) is 5.69. The molecule has 106 valence electrons. The standard InChI is InChI=1S/C12H18N2O4S/c1-7(2)5-8(11(15)16)14-9(12(17)18)6-10-13-3-4-19-10/h3-4,7-9,14H,5-6H2,1-2H3,(H,15,16)(H,17,18). The first-order valence-electron chi connectivity index (χ1n) is 6.00. The number of hydrogen-bond donors (Lipinski definition) is 3. The number of aromatic nitrogens is 1. The summed E-state index contributed by atoms with van der Waals surface area (Å²) in [6.07, 6.45) is 2.17. The quantitative estimate of drug-likeness (QED) is 0.664. The fraction of sp³-hybridized carbons (Fsp3) is 0.583. The van der Waals surface area contributed by atoms with Crippen LogP contribution < -0.4 is 5.32 Å². The number of thiazole rings is 1. The molecule has 0 saturated heterocycles. The molecule has 6 nitrogen and oxygen atoms in total. The number of nitrogens with one attached hydrogen (secondary N) is 1. The number of carboxylic acids is 2. The number of aliphatic carboxylic acids is 2. The average Bonchev–Trinajstić information content (AvgIpc) is 2.78. The normalized spacial score (nSPS) is 14.3. The van der Waals surface area contributed by atoms with Crippen molar-refractivity contribution in [1.82, 2.24) is 10.3 Å². The Bertz CT molecular complexity index is 419. The molecule has 0 aliphatic rings. The van der Waals surface area contributed by atoms with E-state index in [0.717, 1.165) is 0 Å². The van der Waals surface area contributed by atoms with Crippen molar-refractivity contribution >= 4 is 23.3 Å². The Labute approximate surface area is 115 Å². The Kier molecular flexibility index (Phi) is 5.91. The molecular formula is C12H18N2O4S. The van der Waals surface area contributed by atoms with Crippen molar-refractivity contribution in [3.63, 3.8) is 0 Å². The first-order chi connectivity index (χ1) is 8.90. The maximum Gasteiger partial charge on any atom is 0.321 e. The Balaban J connectivity index is 2.70. The maximum absolute atomic E-state index is 11.2. The average molecular weight is 286 g/mol. The molecule has 1 heterocycles. The zero-order chi connectivity index (χ0) is 14.4. The Morgan fingerprint density at radius 1 is 1.32 bits per heavy atom. The molecule has 0 spiro atoms. The van der Waals surface area contributed by atoms with Crippen LogP contribution in [0.15, 0.2) is 11.6 Å². The first-order valence-corrected chi connectivity index (χ1v) is 6.88. The van der Waals surface area contributed by atoms with Gasteiger partial charge in [0, 0.05) is 18.0 Å². The molecule has 0 fully saturated rings. The molecule has 0 aliphatic carbocycles. The second kappa shape index (κ2) is 7.20. The lowest BCUT2D eigenvalue weighted by molar-refractivity contribution is -0.142. The SMILES string of the molecule is CC(C)CC(NC(Cc1nccs1)C(=O)O)C(=O)O. The third-order valence-corrected chi connectivity index (χ3v) is 3.37. The van der Waals surface area contributed by atoms with Gasteiger partial charge in [-0.2, -0.15) is 0 Å². The molecule has 1 aromatic heterocycles. The van der Waals surface area contributed by atoms with Gasteiger partial charge in [0.25, 0.3) is 0 Å². The van der Waals surface area contributed by atoms with Gasteiger partial charge in [0.1, 0.15) is 12.1 Å². The van der Waals surface area contributed by atoms with E-state index in [4.69, 9.17) is 10.2 Å². The molecule has 0 saturated carbocycles. The highest BCUT2D eigenvalue weighted by atomic mass is 32.1. The Hall–Kier alpha value is -1.47. The van der Waals surface area contributed by atoms with Crippen LogP contribution in [0.1, 0.15) is 25.3 Å². The summed E-state index contributed by atoms with van der Waals surface area (Å²) in [5.74, 6) is -1.92. The second-order valence-electron chi connectivity index (χ2n) is 4.71. The van der Waals surface area contributed by atoms with E-state index in [2.05, 4.69) is 10.3 Å². The van der Waals surface area contributed by atoms with E-state index in [1.54, 1.807) is 11.6 Å². The van der Waals surface area contributed by atoms with Crippen LogP contribution in [0.25, 0.3) is 0 Å². The van der Waals surface area contributed by atoms with Gasteiger partial charge in [-0.1, -0.05) is 13.8 Å². The topological polar surface area (TPSA) is 99.5 Å². The van der Waals surface area contributed by atoms with Gasteiger partial charge < -0.3 is 10.2 Å². The summed E-state index contributed by atoms with van der Waals surface area (Å²) < 4.78 is 0. The Morgan fingerprint density at radius 2 is 1.95 bits per heavy atom. The van der Waals surface area contributed by atoms with Crippen LogP contribution >= 0.6 is 11.3 Å². The van der Waals surface area contributed by atoms with Gasteiger partial charge in [0.2, 0.25) is 0 Å². The number of rotatable bonds is 8. The highest BCUT2D eigenvalue weighted by molar-refractivity contribution is 7.09. The van der Waals surface area contributed by atoms with Gasteiger partial charge in [0.15, 0.2) is 0 Å². The van der Waals surface area contributed by atoms with E-state index in [9.17, 15) is 9.59 Å². The fourth-order valence-electron chi connectivity index (χ4n) is 1.70. The third kappa shape index (κ3) is 5.35. The minimum Gasteiger partial charge on any atom is -0.480 e. The van der Waals surface area contributed by atoms with Crippen LogP contribution in [0.5, 0.6) is 0 Å². The largest absolute Gasteiger partial charge is 0.480 e. The number of hydrogen-bond acceptors (Lipinski definition) is 5. The van der Waals surface area contributed by atoms with Gasteiger partial charge in [-0.15, -0.1) is 11.3 Å². The van der Waals surface area contributed by atoms with Crippen LogP contribution in [0.4, 0.5) is 0 Å². The minimum atomic E-state index is -1.06. The van der Waals surface area contributed by atoms with Gasteiger partial charge in [-0.3, -0.25) is 14.9 Å².